The summed E-state index contributed by atoms with van der Waals surface area (Å²) in [4.78, 5) is 17.0. The molecule has 0 aliphatic carbocycles. The van der Waals surface area contributed by atoms with Crippen LogP contribution in [0.4, 0.5) is 0 Å². The highest BCUT2D eigenvalue weighted by atomic mass is 16.5. The fraction of sp³-hybridized carbons (Fsp3) is 0.0455. The van der Waals surface area contributed by atoms with E-state index in [-0.39, 0.29) is 0 Å². The van der Waals surface area contributed by atoms with Gasteiger partial charge in [0.05, 0.1) is 19.0 Å². The molecule has 2 aromatic carbocycles. The lowest BCUT2D eigenvalue weighted by atomic mass is 10.1. The Hall–Kier alpha value is -3.73. The predicted octanol–water partition coefficient (Wildman–Crippen LogP) is 4.85. The molecule has 1 N–H and O–H groups in total. The Bertz CT molecular complexity index is 1280. The molecule has 0 aliphatic heterocycles. The van der Waals surface area contributed by atoms with Gasteiger partial charge in [-0.3, -0.25) is 4.98 Å². The lowest BCUT2D eigenvalue weighted by Gasteiger charge is -2.08. The summed E-state index contributed by atoms with van der Waals surface area (Å²) in [6.45, 7) is 0. The summed E-state index contributed by atoms with van der Waals surface area (Å²) in [6, 6.07) is 18.2. The number of aromatic nitrogens is 4. The Kier molecular flexibility index (Phi) is 3.57. The molecule has 0 amide bonds. The second-order valence-electron chi connectivity index (χ2n) is 6.30. The highest BCUT2D eigenvalue weighted by molar-refractivity contribution is 5.87. The zero-order valence-corrected chi connectivity index (χ0v) is 14.7. The minimum atomic E-state index is 0.616. The maximum absolute atomic E-state index is 5.43. The maximum Gasteiger partial charge on any atom is 0.178 e. The van der Waals surface area contributed by atoms with Crippen molar-refractivity contribution in [2.45, 2.75) is 0 Å². The maximum atomic E-state index is 5.43. The van der Waals surface area contributed by atoms with Crippen LogP contribution in [0.1, 0.15) is 0 Å². The van der Waals surface area contributed by atoms with Crippen LogP contribution in [0.2, 0.25) is 0 Å². The van der Waals surface area contributed by atoms with Crippen LogP contribution >= 0.6 is 0 Å². The van der Waals surface area contributed by atoms with Crippen LogP contribution in [0.25, 0.3) is 44.5 Å². The van der Waals surface area contributed by atoms with Crippen LogP contribution in [0.3, 0.4) is 0 Å². The first-order valence-electron chi connectivity index (χ1n) is 8.65. The third kappa shape index (κ3) is 2.69. The van der Waals surface area contributed by atoms with Crippen LogP contribution in [0.5, 0.6) is 5.75 Å². The molecule has 0 saturated carbocycles. The number of nitrogens with zero attached hydrogens (tertiary/aromatic N) is 3. The van der Waals surface area contributed by atoms with Crippen LogP contribution in [-0.4, -0.2) is 27.0 Å². The number of nitrogens with one attached hydrogen (secondary N) is 1. The molecule has 5 nitrogen and oxygen atoms in total. The number of aromatic amines is 1. The normalized spacial score (nSPS) is 11.1. The highest BCUT2D eigenvalue weighted by Crippen LogP contribution is 2.29. The van der Waals surface area contributed by atoms with Crippen molar-refractivity contribution in [3.05, 3.63) is 73.2 Å². The Morgan fingerprint density at radius 1 is 0.889 bits per heavy atom. The number of pyridine rings is 1. The van der Waals surface area contributed by atoms with Crippen molar-refractivity contribution in [1.29, 1.82) is 0 Å². The molecule has 0 saturated heterocycles. The molecular weight excluding hydrogens is 336 g/mol. The summed E-state index contributed by atoms with van der Waals surface area (Å²) in [5.74, 6) is 0.766. The fourth-order valence-electron chi connectivity index (χ4n) is 3.28. The first-order chi connectivity index (χ1) is 13.3. The van der Waals surface area contributed by atoms with Crippen LogP contribution < -0.4 is 4.74 Å². The van der Waals surface area contributed by atoms with Crippen molar-refractivity contribution in [2.75, 3.05) is 7.11 Å². The molecule has 5 aromatic rings. The number of para-hydroxylation sites is 1. The Balaban J connectivity index is 1.59. The van der Waals surface area contributed by atoms with Gasteiger partial charge in [-0.1, -0.05) is 18.2 Å². The van der Waals surface area contributed by atoms with Crippen molar-refractivity contribution in [1.82, 2.24) is 19.9 Å². The molecule has 3 aromatic heterocycles. The van der Waals surface area contributed by atoms with E-state index in [1.807, 2.05) is 42.7 Å². The molecule has 0 fully saturated rings. The van der Waals surface area contributed by atoms with Crippen molar-refractivity contribution < 1.29 is 4.74 Å². The molecule has 5 rings (SSSR count). The molecule has 3 heterocycles. The lowest BCUT2D eigenvalue weighted by Crippen LogP contribution is -1.94. The first-order valence-corrected chi connectivity index (χ1v) is 8.65. The number of hydrogen-bond donors (Lipinski definition) is 1. The SMILES string of the molecule is COc1ccccc1-c1cnc2cc(-c3ccc4[nH]ccc4c3)cnc2n1. The predicted molar refractivity (Wildman–Crippen MR) is 107 cm³/mol. The summed E-state index contributed by atoms with van der Waals surface area (Å²) in [7, 11) is 1.65. The van der Waals surface area contributed by atoms with E-state index in [2.05, 4.69) is 44.2 Å². The van der Waals surface area contributed by atoms with Gasteiger partial charge in [0.15, 0.2) is 5.65 Å². The number of H-pyrrole nitrogens is 1. The van der Waals surface area contributed by atoms with E-state index in [0.29, 0.717) is 5.65 Å². The fourth-order valence-corrected chi connectivity index (χ4v) is 3.28. The van der Waals surface area contributed by atoms with E-state index in [1.165, 1.54) is 5.39 Å². The molecule has 0 atom stereocenters. The molecule has 0 radical (unpaired) electrons. The summed E-state index contributed by atoms with van der Waals surface area (Å²) in [6.07, 6.45) is 5.55. The molecular formula is C22H16N4O. The van der Waals surface area contributed by atoms with Gasteiger partial charge in [0.2, 0.25) is 0 Å². The quantitative estimate of drug-likeness (QED) is 0.504. The van der Waals surface area contributed by atoms with Gasteiger partial charge in [-0.15, -0.1) is 0 Å². The number of methoxy groups -OCH3 is 1. The lowest BCUT2D eigenvalue weighted by molar-refractivity contribution is 0.416. The van der Waals surface area contributed by atoms with Crippen molar-refractivity contribution in [2.24, 2.45) is 0 Å². The van der Waals surface area contributed by atoms with Crippen molar-refractivity contribution in [3.63, 3.8) is 0 Å². The third-order valence-electron chi connectivity index (χ3n) is 4.67. The largest absolute Gasteiger partial charge is 0.496 e. The summed E-state index contributed by atoms with van der Waals surface area (Å²) >= 11 is 0. The van der Waals surface area contributed by atoms with E-state index in [0.717, 1.165) is 39.2 Å². The van der Waals surface area contributed by atoms with Gasteiger partial charge < -0.3 is 9.72 Å². The number of benzene rings is 2. The van der Waals surface area contributed by atoms with Gasteiger partial charge in [-0.25, -0.2) is 9.97 Å². The topological polar surface area (TPSA) is 63.7 Å². The Morgan fingerprint density at radius 3 is 2.74 bits per heavy atom. The van der Waals surface area contributed by atoms with E-state index >= 15 is 0 Å². The molecule has 0 aliphatic rings. The van der Waals surface area contributed by atoms with Gasteiger partial charge in [-0.2, -0.15) is 0 Å². The molecule has 0 spiro atoms. The Morgan fingerprint density at radius 2 is 1.81 bits per heavy atom. The van der Waals surface area contributed by atoms with E-state index in [1.54, 1.807) is 13.3 Å². The average Bonchev–Trinajstić information content (AvgIpc) is 3.21. The van der Waals surface area contributed by atoms with Crippen LogP contribution in [0.15, 0.2) is 73.2 Å². The van der Waals surface area contributed by atoms with Crippen molar-refractivity contribution in [3.8, 4) is 28.1 Å². The third-order valence-corrected chi connectivity index (χ3v) is 4.67. The first kappa shape index (κ1) is 15.5. The molecule has 130 valence electrons. The van der Waals surface area contributed by atoms with Crippen molar-refractivity contribution >= 4 is 22.1 Å². The summed E-state index contributed by atoms with van der Waals surface area (Å²) in [5, 5.41) is 1.17. The number of hydrogen-bond acceptors (Lipinski definition) is 4. The van der Waals surface area contributed by atoms with E-state index < -0.39 is 0 Å². The van der Waals surface area contributed by atoms with Gasteiger partial charge >= 0.3 is 0 Å². The number of ether oxygens (including phenoxy) is 1. The minimum Gasteiger partial charge on any atom is -0.496 e. The molecule has 27 heavy (non-hydrogen) atoms. The monoisotopic (exact) mass is 352 g/mol. The Labute approximate surface area is 155 Å². The van der Waals surface area contributed by atoms with Crippen LogP contribution in [0, 0.1) is 0 Å². The zero-order valence-electron chi connectivity index (χ0n) is 14.7. The summed E-state index contributed by atoms with van der Waals surface area (Å²) < 4.78 is 5.43. The zero-order chi connectivity index (χ0) is 18.2. The smallest absolute Gasteiger partial charge is 0.178 e. The standard InChI is InChI=1S/C22H16N4O/c1-27-21-5-3-2-4-17(21)20-13-24-19-11-16(12-25-22(19)26-20)14-6-7-18-15(10-14)8-9-23-18/h2-13,23H,1H3. The van der Waals surface area contributed by atoms with E-state index in [4.69, 9.17) is 4.74 Å². The minimum absolute atomic E-state index is 0.616. The molecule has 0 bridgehead atoms. The van der Waals surface area contributed by atoms with Gasteiger partial charge in [0, 0.05) is 29.0 Å². The van der Waals surface area contributed by atoms with Gasteiger partial charge in [-0.05, 0) is 47.3 Å². The highest BCUT2D eigenvalue weighted by Gasteiger charge is 2.10. The number of rotatable bonds is 3. The van der Waals surface area contributed by atoms with Gasteiger partial charge in [0.1, 0.15) is 11.3 Å². The number of fused-ring (bicyclic) bond motifs is 2. The average molecular weight is 352 g/mol. The van der Waals surface area contributed by atoms with Crippen LogP contribution in [-0.2, 0) is 0 Å². The van der Waals surface area contributed by atoms with Gasteiger partial charge in [0.25, 0.3) is 0 Å². The van der Waals surface area contributed by atoms with E-state index in [9.17, 15) is 0 Å². The summed E-state index contributed by atoms with van der Waals surface area (Å²) in [5.41, 5.74) is 6.27. The molecule has 0 unspecified atom stereocenters. The molecule has 5 heteroatoms. The second-order valence-corrected chi connectivity index (χ2v) is 6.30. The second kappa shape index (κ2) is 6.21.